The molecule has 0 aromatic heterocycles. The summed E-state index contributed by atoms with van der Waals surface area (Å²) in [5, 5.41) is 0. The van der Waals surface area contributed by atoms with Crippen molar-refractivity contribution >= 4 is 7.14 Å². The molecule has 1 nitrogen and oxygen atoms in total. The molecule has 1 aliphatic heterocycles. The molecular formula is C8H13OP. The van der Waals surface area contributed by atoms with E-state index in [-0.39, 0.29) is 0 Å². The molecule has 0 bridgehead atoms. The van der Waals surface area contributed by atoms with Gasteiger partial charge in [-0.05, 0) is 19.5 Å². The molecule has 1 fully saturated rings. The summed E-state index contributed by atoms with van der Waals surface area (Å²) in [4.78, 5) is 0. The van der Waals surface area contributed by atoms with Crippen LogP contribution in [0.5, 0.6) is 0 Å². The van der Waals surface area contributed by atoms with Crippen LogP contribution >= 0.6 is 7.14 Å². The maximum atomic E-state index is 11.4. The number of hydrogen-bond acceptors (Lipinski definition) is 1. The van der Waals surface area contributed by atoms with Gasteiger partial charge in [0.2, 0.25) is 0 Å². The molecule has 0 radical (unpaired) electrons. The van der Waals surface area contributed by atoms with Gasteiger partial charge in [-0.15, -0.1) is 12.3 Å². The molecule has 1 saturated heterocycles. The zero-order valence-electron chi connectivity index (χ0n) is 6.34. The predicted octanol–water partition coefficient (Wildman–Crippen LogP) is 2.02. The van der Waals surface area contributed by atoms with Crippen molar-refractivity contribution < 1.29 is 4.57 Å². The normalized spacial score (nSPS) is 40.6. The molecule has 10 heavy (non-hydrogen) atoms. The third-order valence-electron chi connectivity index (χ3n) is 2.14. The van der Waals surface area contributed by atoms with E-state index in [1.165, 1.54) is 0 Å². The van der Waals surface area contributed by atoms with E-state index < -0.39 is 7.14 Å². The molecule has 0 aliphatic carbocycles. The Hall–Kier alpha value is -0.210. The quantitative estimate of drug-likeness (QED) is 0.387. The van der Waals surface area contributed by atoms with E-state index in [0.29, 0.717) is 5.92 Å². The van der Waals surface area contributed by atoms with Crippen molar-refractivity contribution in [2.24, 2.45) is 5.92 Å². The first-order valence-corrected chi connectivity index (χ1v) is 6.18. The average molecular weight is 156 g/mol. The van der Waals surface area contributed by atoms with Crippen LogP contribution in [-0.2, 0) is 4.57 Å². The van der Waals surface area contributed by atoms with Gasteiger partial charge in [0.25, 0.3) is 0 Å². The second-order valence-electron chi connectivity index (χ2n) is 3.18. The summed E-state index contributed by atoms with van der Waals surface area (Å²) in [6.07, 6.45) is 8.93. The van der Waals surface area contributed by atoms with Crippen LogP contribution in [0.1, 0.15) is 12.8 Å². The second kappa shape index (κ2) is 2.81. The summed E-state index contributed by atoms with van der Waals surface area (Å²) in [5.74, 6) is 3.13. The summed E-state index contributed by atoms with van der Waals surface area (Å²) in [7, 11) is -1.73. The van der Waals surface area contributed by atoms with Gasteiger partial charge in [-0.1, -0.05) is 0 Å². The van der Waals surface area contributed by atoms with E-state index in [2.05, 4.69) is 5.92 Å². The first kappa shape index (κ1) is 7.89. The van der Waals surface area contributed by atoms with E-state index >= 15 is 0 Å². The number of terminal acetylenes is 1. The highest BCUT2D eigenvalue weighted by atomic mass is 31.2. The zero-order valence-corrected chi connectivity index (χ0v) is 7.23. The van der Waals surface area contributed by atoms with Crippen LogP contribution in [0.2, 0.25) is 0 Å². The fraction of sp³-hybridized carbons (Fsp3) is 0.750. The molecule has 0 aromatic carbocycles. The van der Waals surface area contributed by atoms with Crippen molar-refractivity contribution in [2.45, 2.75) is 12.8 Å². The van der Waals surface area contributed by atoms with Crippen molar-refractivity contribution in [1.29, 1.82) is 0 Å². The first-order chi connectivity index (χ1) is 4.64. The molecule has 0 spiro atoms. The molecular weight excluding hydrogens is 143 g/mol. The highest BCUT2D eigenvalue weighted by Gasteiger charge is 2.23. The van der Waals surface area contributed by atoms with Crippen molar-refractivity contribution in [3.8, 4) is 12.3 Å². The first-order valence-electron chi connectivity index (χ1n) is 3.66. The Bertz CT molecular complexity index is 190. The van der Waals surface area contributed by atoms with Gasteiger partial charge in [0.15, 0.2) is 0 Å². The maximum absolute atomic E-state index is 11.4. The summed E-state index contributed by atoms with van der Waals surface area (Å²) in [6.45, 7) is 1.89. The zero-order chi connectivity index (χ0) is 7.61. The SMILES string of the molecule is C#CC1CCP(C)(=O)CC1. The summed E-state index contributed by atoms with van der Waals surface area (Å²) in [6, 6.07) is 0. The van der Waals surface area contributed by atoms with Gasteiger partial charge >= 0.3 is 0 Å². The van der Waals surface area contributed by atoms with Gasteiger partial charge < -0.3 is 4.57 Å². The minimum absolute atomic E-state index is 0.405. The molecule has 0 saturated carbocycles. The lowest BCUT2D eigenvalue weighted by molar-refractivity contribution is 0.540. The largest absolute Gasteiger partial charge is 0.324 e. The molecule has 0 atom stereocenters. The lowest BCUT2D eigenvalue weighted by Gasteiger charge is -2.22. The molecule has 2 heteroatoms. The standard InChI is InChI=1S/C8H13OP/c1-3-8-4-6-10(2,9)7-5-8/h1,8H,4-7H2,2H3. The minimum Gasteiger partial charge on any atom is -0.324 e. The van der Waals surface area contributed by atoms with Gasteiger partial charge in [-0.25, -0.2) is 0 Å². The molecule has 0 amide bonds. The summed E-state index contributed by atoms with van der Waals surface area (Å²) < 4.78 is 11.4. The van der Waals surface area contributed by atoms with Crippen LogP contribution in [-0.4, -0.2) is 19.0 Å². The Morgan fingerprint density at radius 3 is 2.40 bits per heavy atom. The van der Waals surface area contributed by atoms with Crippen LogP contribution in [0, 0.1) is 18.3 Å². The molecule has 1 aliphatic rings. The molecule has 56 valence electrons. The van der Waals surface area contributed by atoms with E-state index in [1.54, 1.807) is 0 Å². The van der Waals surface area contributed by atoms with Crippen molar-refractivity contribution in [3.05, 3.63) is 0 Å². The fourth-order valence-electron chi connectivity index (χ4n) is 1.28. The van der Waals surface area contributed by atoms with Crippen molar-refractivity contribution in [2.75, 3.05) is 19.0 Å². The molecule has 0 N–H and O–H groups in total. The lowest BCUT2D eigenvalue weighted by Crippen LogP contribution is -2.11. The number of hydrogen-bond donors (Lipinski definition) is 0. The van der Waals surface area contributed by atoms with Crippen LogP contribution < -0.4 is 0 Å². The Morgan fingerprint density at radius 2 is 2.00 bits per heavy atom. The summed E-state index contributed by atoms with van der Waals surface area (Å²) >= 11 is 0. The Morgan fingerprint density at radius 1 is 1.50 bits per heavy atom. The third-order valence-corrected chi connectivity index (χ3v) is 4.55. The molecule has 0 aromatic rings. The monoisotopic (exact) mass is 156 g/mol. The van der Waals surface area contributed by atoms with E-state index in [4.69, 9.17) is 6.42 Å². The van der Waals surface area contributed by atoms with Gasteiger partial charge in [-0.2, -0.15) is 0 Å². The number of rotatable bonds is 0. The van der Waals surface area contributed by atoms with Gasteiger partial charge in [0.05, 0.1) is 7.14 Å². The van der Waals surface area contributed by atoms with Gasteiger partial charge in [0, 0.05) is 18.2 Å². The third kappa shape index (κ3) is 1.89. The molecule has 0 unspecified atom stereocenters. The Labute approximate surface area is 62.6 Å². The maximum Gasteiger partial charge on any atom is 0.0849 e. The average Bonchev–Trinajstić information content (AvgIpc) is 1.88. The Kier molecular flexibility index (Phi) is 2.21. The van der Waals surface area contributed by atoms with Gasteiger partial charge in [0.1, 0.15) is 0 Å². The molecule has 1 rings (SSSR count). The predicted molar refractivity (Wildman–Crippen MR) is 44.8 cm³/mol. The highest BCUT2D eigenvalue weighted by Crippen LogP contribution is 2.47. The topological polar surface area (TPSA) is 17.1 Å². The second-order valence-corrected chi connectivity index (χ2v) is 6.67. The lowest BCUT2D eigenvalue weighted by atomic mass is 10.1. The van der Waals surface area contributed by atoms with E-state index in [1.807, 2.05) is 6.66 Å². The van der Waals surface area contributed by atoms with Crippen molar-refractivity contribution in [3.63, 3.8) is 0 Å². The highest BCUT2D eigenvalue weighted by molar-refractivity contribution is 7.63. The van der Waals surface area contributed by atoms with E-state index in [0.717, 1.165) is 25.2 Å². The van der Waals surface area contributed by atoms with Crippen LogP contribution in [0.4, 0.5) is 0 Å². The van der Waals surface area contributed by atoms with Crippen LogP contribution in [0.3, 0.4) is 0 Å². The van der Waals surface area contributed by atoms with Crippen LogP contribution in [0.15, 0.2) is 0 Å². The van der Waals surface area contributed by atoms with E-state index in [9.17, 15) is 4.57 Å². The Balaban J connectivity index is 2.48. The smallest absolute Gasteiger partial charge is 0.0849 e. The van der Waals surface area contributed by atoms with Crippen molar-refractivity contribution in [1.82, 2.24) is 0 Å². The van der Waals surface area contributed by atoms with Gasteiger partial charge in [-0.3, -0.25) is 0 Å². The van der Waals surface area contributed by atoms with Crippen LogP contribution in [0.25, 0.3) is 0 Å². The fourth-order valence-corrected chi connectivity index (χ4v) is 3.22. The molecule has 1 heterocycles. The minimum atomic E-state index is -1.73. The summed E-state index contributed by atoms with van der Waals surface area (Å²) in [5.41, 5.74) is 0.